The molecule has 0 bridgehead atoms. The lowest BCUT2D eigenvalue weighted by molar-refractivity contribution is 0.201. The molecule has 0 fully saturated rings. The van der Waals surface area contributed by atoms with Crippen LogP contribution in [-0.2, 0) is 0 Å². The molecule has 0 aliphatic carbocycles. The second kappa shape index (κ2) is 4.07. The molecule has 0 aromatic carbocycles. The van der Waals surface area contributed by atoms with Gasteiger partial charge in [0.15, 0.2) is 5.13 Å². The van der Waals surface area contributed by atoms with E-state index in [2.05, 4.69) is 11.9 Å². The molecule has 0 amide bonds. The Morgan fingerprint density at radius 1 is 1.54 bits per heavy atom. The molecule has 13 heavy (non-hydrogen) atoms. The van der Waals surface area contributed by atoms with Crippen LogP contribution in [-0.4, -0.2) is 29.8 Å². The third kappa shape index (κ3) is 2.67. The molecule has 1 N–H and O–H groups in total. The molecule has 0 radical (unpaired) electrons. The molecular formula is C9H16N2OS. The number of anilines is 1. The van der Waals surface area contributed by atoms with Crippen LogP contribution in [0.1, 0.15) is 17.5 Å². The molecule has 0 aliphatic heterocycles. The number of likely N-dealkylation sites (N-methyl/N-ethyl adjacent to an activating group) is 1. The van der Waals surface area contributed by atoms with Crippen LogP contribution in [0.5, 0.6) is 0 Å². The van der Waals surface area contributed by atoms with Gasteiger partial charge in [-0.1, -0.05) is 0 Å². The highest BCUT2D eigenvalue weighted by atomic mass is 32.1. The molecule has 74 valence electrons. The van der Waals surface area contributed by atoms with Crippen LogP contribution < -0.4 is 4.90 Å². The minimum absolute atomic E-state index is 0.311. The second-order valence-electron chi connectivity index (χ2n) is 3.37. The molecule has 1 atom stereocenters. The Morgan fingerprint density at radius 2 is 2.15 bits per heavy atom. The van der Waals surface area contributed by atoms with Gasteiger partial charge in [-0.3, -0.25) is 0 Å². The van der Waals surface area contributed by atoms with Gasteiger partial charge in [0.25, 0.3) is 0 Å². The van der Waals surface area contributed by atoms with Crippen LogP contribution in [0.3, 0.4) is 0 Å². The van der Waals surface area contributed by atoms with Crippen molar-refractivity contribution in [3.63, 3.8) is 0 Å². The molecule has 0 saturated heterocycles. The van der Waals surface area contributed by atoms with Crippen molar-refractivity contribution in [2.24, 2.45) is 0 Å². The summed E-state index contributed by atoms with van der Waals surface area (Å²) in [5, 5.41) is 10.2. The van der Waals surface area contributed by atoms with Crippen molar-refractivity contribution >= 4 is 16.5 Å². The van der Waals surface area contributed by atoms with E-state index >= 15 is 0 Å². The van der Waals surface area contributed by atoms with Crippen LogP contribution in [0, 0.1) is 13.8 Å². The largest absolute Gasteiger partial charge is 0.392 e. The zero-order chi connectivity index (χ0) is 10.0. The van der Waals surface area contributed by atoms with Gasteiger partial charge in [-0.25, -0.2) is 4.98 Å². The maximum absolute atomic E-state index is 9.20. The Morgan fingerprint density at radius 3 is 2.54 bits per heavy atom. The smallest absolute Gasteiger partial charge is 0.185 e. The van der Waals surface area contributed by atoms with Crippen molar-refractivity contribution < 1.29 is 5.11 Å². The fourth-order valence-electron chi connectivity index (χ4n) is 1.09. The van der Waals surface area contributed by atoms with Crippen LogP contribution in [0.4, 0.5) is 5.13 Å². The van der Waals surface area contributed by atoms with Crippen molar-refractivity contribution in [1.82, 2.24) is 4.98 Å². The lowest BCUT2D eigenvalue weighted by Gasteiger charge is -2.16. The average Bonchev–Trinajstić information content (AvgIpc) is 2.31. The van der Waals surface area contributed by atoms with Gasteiger partial charge in [0.2, 0.25) is 0 Å². The fraction of sp³-hybridized carbons (Fsp3) is 0.667. The van der Waals surface area contributed by atoms with Gasteiger partial charge in [-0.2, -0.15) is 0 Å². The molecule has 1 rings (SSSR count). The monoisotopic (exact) mass is 200 g/mol. The summed E-state index contributed by atoms with van der Waals surface area (Å²) < 4.78 is 0. The number of hydrogen-bond donors (Lipinski definition) is 1. The van der Waals surface area contributed by atoms with E-state index in [-0.39, 0.29) is 6.10 Å². The molecule has 1 aromatic heterocycles. The number of aliphatic hydroxyl groups is 1. The molecule has 4 heteroatoms. The summed E-state index contributed by atoms with van der Waals surface area (Å²) in [7, 11) is 1.95. The van der Waals surface area contributed by atoms with E-state index in [1.807, 2.05) is 18.9 Å². The van der Waals surface area contributed by atoms with E-state index in [4.69, 9.17) is 0 Å². The number of nitrogens with zero attached hydrogens (tertiary/aromatic N) is 2. The summed E-state index contributed by atoms with van der Waals surface area (Å²) in [4.78, 5) is 7.62. The lowest BCUT2D eigenvalue weighted by atomic mass is 10.4. The van der Waals surface area contributed by atoms with Crippen molar-refractivity contribution in [3.8, 4) is 0 Å². The topological polar surface area (TPSA) is 36.4 Å². The van der Waals surface area contributed by atoms with E-state index in [1.165, 1.54) is 4.88 Å². The molecule has 3 nitrogen and oxygen atoms in total. The van der Waals surface area contributed by atoms with Gasteiger partial charge >= 0.3 is 0 Å². The van der Waals surface area contributed by atoms with Crippen LogP contribution in [0.15, 0.2) is 0 Å². The highest BCUT2D eigenvalue weighted by Crippen LogP contribution is 2.23. The Labute approximate surface area is 83.0 Å². The third-order valence-electron chi connectivity index (χ3n) is 1.88. The Balaban J connectivity index is 2.71. The second-order valence-corrected chi connectivity index (χ2v) is 4.55. The number of aliphatic hydroxyl groups excluding tert-OH is 1. The van der Waals surface area contributed by atoms with Crippen LogP contribution in [0.2, 0.25) is 0 Å². The first-order chi connectivity index (χ1) is 6.00. The Kier molecular flexibility index (Phi) is 3.27. The highest BCUT2D eigenvalue weighted by molar-refractivity contribution is 7.15. The summed E-state index contributed by atoms with van der Waals surface area (Å²) in [5.41, 5.74) is 1.08. The number of aryl methyl sites for hydroxylation is 2. The summed E-state index contributed by atoms with van der Waals surface area (Å²) in [6.45, 7) is 6.48. The predicted molar refractivity (Wildman–Crippen MR) is 56.5 cm³/mol. The lowest BCUT2D eigenvalue weighted by Crippen LogP contribution is -2.26. The third-order valence-corrected chi connectivity index (χ3v) is 3.07. The van der Waals surface area contributed by atoms with Crippen molar-refractivity contribution in [2.75, 3.05) is 18.5 Å². The van der Waals surface area contributed by atoms with E-state index in [9.17, 15) is 5.11 Å². The van der Waals surface area contributed by atoms with Gasteiger partial charge in [-0.05, 0) is 20.8 Å². The molecular weight excluding hydrogens is 184 g/mol. The van der Waals surface area contributed by atoms with E-state index < -0.39 is 0 Å². The standard InChI is InChI=1S/C9H16N2OS/c1-6(12)5-11(4)9-10-7(2)8(3)13-9/h6,12H,5H2,1-4H3. The number of aromatic nitrogens is 1. The molecule has 0 saturated carbocycles. The van der Waals surface area contributed by atoms with Gasteiger partial charge < -0.3 is 10.0 Å². The first-order valence-corrected chi connectivity index (χ1v) is 5.15. The van der Waals surface area contributed by atoms with Crippen molar-refractivity contribution in [2.45, 2.75) is 26.9 Å². The Hall–Kier alpha value is -0.610. The zero-order valence-corrected chi connectivity index (χ0v) is 9.35. The summed E-state index contributed by atoms with van der Waals surface area (Å²) >= 11 is 1.67. The van der Waals surface area contributed by atoms with Crippen molar-refractivity contribution in [1.29, 1.82) is 0 Å². The SMILES string of the molecule is Cc1nc(N(C)CC(C)O)sc1C. The van der Waals surface area contributed by atoms with Gasteiger partial charge in [0.05, 0.1) is 11.8 Å². The first kappa shape index (κ1) is 10.5. The van der Waals surface area contributed by atoms with E-state index in [1.54, 1.807) is 18.3 Å². The first-order valence-electron chi connectivity index (χ1n) is 4.34. The average molecular weight is 200 g/mol. The summed E-state index contributed by atoms with van der Waals surface area (Å²) in [5.74, 6) is 0. The summed E-state index contributed by atoms with van der Waals surface area (Å²) in [6, 6.07) is 0. The van der Waals surface area contributed by atoms with Crippen molar-refractivity contribution in [3.05, 3.63) is 10.6 Å². The van der Waals surface area contributed by atoms with E-state index in [0.717, 1.165) is 10.8 Å². The minimum atomic E-state index is -0.311. The van der Waals surface area contributed by atoms with Gasteiger partial charge in [0.1, 0.15) is 0 Å². The van der Waals surface area contributed by atoms with E-state index in [0.29, 0.717) is 6.54 Å². The fourth-order valence-corrected chi connectivity index (χ4v) is 1.97. The van der Waals surface area contributed by atoms with Crippen LogP contribution in [0.25, 0.3) is 0 Å². The zero-order valence-electron chi connectivity index (χ0n) is 8.53. The number of thiazole rings is 1. The molecule has 1 unspecified atom stereocenters. The number of hydrogen-bond acceptors (Lipinski definition) is 4. The Bertz CT molecular complexity index is 264. The van der Waals surface area contributed by atoms with Crippen LogP contribution >= 0.6 is 11.3 Å². The number of rotatable bonds is 3. The minimum Gasteiger partial charge on any atom is -0.392 e. The quantitative estimate of drug-likeness (QED) is 0.804. The van der Waals surface area contributed by atoms with Gasteiger partial charge in [-0.15, -0.1) is 11.3 Å². The molecule has 0 spiro atoms. The van der Waals surface area contributed by atoms with Gasteiger partial charge in [0, 0.05) is 18.5 Å². The molecule has 1 aromatic rings. The predicted octanol–water partition coefficient (Wildman–Crippen LogP) is 1.58. The molecule has 0 aliphatic rings. The highest BCUT2D eigenvalue weighted by Gasteiger charge is 2.09. The molecule has 1 heterocycles. The maximum atomic E-state index is 9.20. The maximum Gasteiger partial charge on any atom is 0.185 e. The normalized spacial score (nSPS) is 13.0. The summed E-state index contributed by atoms with van der Waals surface area (Å²) in [6.07, 6.45) is -0.311.